The molecule has 3 rings (SSSR count). The molecule has 1 aliphatic heterocycles. The van der Waals surface area contributed by atoms with E-state index in [0.717, 1.165) is 43.2 Å². The normalized spacial score (nSPS) is 18.3. The van der Waals surface area contributed by atoms with Gasteiger partial charge in [0, 0.05) is 12.6 Å². The second-order valence-electron chi connectivity index (χ2n) is 9.01. The SMILES string of the molecule is COC(=O)C1=C(C(=O)OC)N(Cc2ccc(C)cc2)C(C(=O)OC)C(C(=O)OC)=C1NC1CCCCC1. The van der Waals surface area contributed by atoms with Crippen LogP contribution in [-0.4, -0.2) is 69.3 Å². The quantitative estimate of drug-likeness (QED) is 0.409. The summed E-state index contributed by atoms with van der Waals surface area (Å²) in [4.78, 5) is 54.3. The van der Waals surface area contributed by atoms with Gasteiger partial charge < -0.3 is 29.2 Å². The molecule has 0 radical (unpaired) electrons. The molecule has 37 heavy (non-hydrogen) atoms. The Kier molecular flexibility index (Phi) is 9.32. The van der Waals surface area contributed by atoms with Crippen LogP contribution in [0, 0.1) is 6.92 Å². The summed E-state index contributed by atoms with van der Waals surface area (Å²) in [7, 11) is 4.72. The first-order valence-corrected chi connectivity index (χ1v) is 12.2. The molecule has 10 heteroatoms. The van der Waals surface area contributed by atoms with Crippen LogP contribution in [0.3, 0.4) is 0 Å². The maximum Gasteiger partial charge on any atom is 0.355 e. The molecule has 2 aliphatic rings. The molecule has 0 bridgehead atoms. The molecule has 200 valence electrons. The number of esters is 4. The third kappa shape index (κ3) is 5.95. The van der Waals surface area contributed by atoms with Gasteiger partial charge in [0.25, 0.3) is 0 Å². The van der Waals surface area contributed by atoms with E-state index in [1.54, 1.807) is 0 Å². The highest BCUT2D eigenvalue weighted by Gasteiger charge is 2.48. The summed E-state index contributed by atoms with van der Waals surface area (Å²) in [6, 6.07) is 5.92. The van der Waals surface area contributed by atoms with Crippen molar-refractivity contribution >= 4 is 23.9 Å². The molecular formula is C27H34N2O8. The Balaban J connectivity index is 2.34. The molecule has 1 unspecified atom stereocenters. The third-order valence-electron chi connectivity index (χ3n) is 6.65. The fraction of sp³-hybridized carbons (Fsp3) is 0.481. The topological polar surface area (TPSA) is 120 Å². The zero-order valence-corrected chi connectivity index (χ0v) is 21.9. The van der Waals surface area contributed by atoms with Gasteiger partial charge >= 0.3 is 23.9 Å². The number of rotatable bonds is 8. The van der Waals surface area contributed by atoms with Crippen molar-refractivity contribution in [1.29, 1.82) is 0 Å². The molecular weight excluding hydrogens is 480 g/mol. The van der Waals surface area contributed by atoms with Gasteiger partial charge in [-0.15, -0.1) is 0 Å². The van der Waals surface area contributed by atoms with Crippen molar-refractivity contribution in [3.05, 3.63) is 57.9 Å². The van der Waals surface area contributed by atoms with Crippen molar-refractivity contribution in [2.24, 2.45) is 0 Å². The van der Waals surface area contributed by atoms with E-state index in [1.807, 2.05) is 31.2 Å². The van der Waals surface area contributed by atoms with Gasteiger partial charge in [0.1, 0.15) is 11.3 Å². The Morgan fingerprint density at radius 2 is 1.43 bits per heavy atom. The van der Waals surface area contributed by atoms with Crippen LogP contribution < -0.4 is 5.32 Å². The van der Waals surface area contributed by atoms with E-state index >= 15 is 0 Å². The monoisotopic (exact) mass is 514 g/mol. The summed E-state index contributed by atoms with van der Waals surface area (Å²) in [6.45, 7) is 1.92. The molecule has 1 heterocycles. The van der Waals surface area contributed by atoms with Gasteiger partial charge in [0.05, 0.1) is 39.7 Å². The summed E-state index contributed by atoms with van der Waals surface area (Å²) in [6.07, 6.45) is 4.56. The van der Waals surface area contributed by atoms with Gasteiger partial charge in [0.2, 0.25) is 0 Å². The Labute approximate surface area is 216 Å². The Morgan fingerprint density at radius 1 is 0.838 bits per heavy atom. The summed E-state index contributed by atoms with van der Waals surface area (Å²) >= 11 is 0. The molecule has 1 aliphatic carbocycles. The van der Waals surface area contributed by atoms with Crippen LogP contribution >= 0.6 is 0 Å². The fourth-order valence-corrected chi connectivity index (χ4v) is 4.78. The van der Waals surface area contributed by atoms with Crippen LogP contribution in [0.2, 0.25) is 0 Å². The fourth-order valence-electron chi connectivity index (χ4n) is 4.78. The second-order valence-corrected chi connectivity index (χ2v) is 9.01. The lowest BCUT2D eigenvalue weighted by Gasteiger charge is -2.40. The van der Waals surface area contributed by atoms with E-state index in [9.17, 15) is 19.2 Å². The van der Waals surface area contributed by atoms with Crippen molar-refractivity contribution < 1.29 is 38.1 Å². The van der Waals surface area contributed by atoms with Gasteiger partial charge in [-0.25, -0.2) is 19.2 Å². The van der Waals surface area contributed by atoms with Gasteiger partial charge in [-0.3, -0.25) is 0 Å². The van der Waals surface area contributed by atoms with Crippen LogP contribution in [0.1, 0.15) is 43.2 Å². The molecule has 1 fully saturated rings. The first kappa shape index (κ1) is 27.8. The number of methoxy groups -OCH3 is 4. The van der Waals surface area contributed by atoms with E-state index < -0.39 is 29.9 Å². The number of hydrogen-bond acceptors (Lipinski definition) is 10. The highest BCUT2D eigenvalue weighted by molar-refractivity contribution is 6.09. The number of benzene rings is 1. The minimum Gasteiger partial charge on any atom is -0.467 e. The number of aryl methyl sites for hydroxylation is 1. The summed E-state index contributed by atoms with van der Waals surface area (Å²) in [5, 5.41) is 3.28. The molecule has 1 saturated carbocycles. The zero-order valence-electron chi connectivity index (χ0n) is 21.9. The molecule has 1 atom stereocenters. The third-order valence-corrected chi connectivity index (χ3v) is 6.65. The average Bonchev–Trinajstić information content (AvgIpc) is 2.93. The number of carbonyl (C=O) groups is 4. The van der Waals surface area contributed by atoms with Crippen molar-refractivity contribution in [2.75, 3.05) is 28.4 Å². The number of hydrogen-bond donors (Lipinski definition) is 1. The van der Waals surface area contributed by atoms with Crippen LogP contribution in [0.5, 0.6) is 0 Å². The predicted molar refractivity (Wildman–Crippen MR) is 133 cm³/mol. The first-order chi connectivity index (χ1) is 17.8. The van der Waals surface area contributed by atoms with Crippen molar-refractivity contribution in [1.82, 2.24) is 10.2 Å². The number of ether oxygens (including phenoxy) is 4. The van der Waals surface area contributed by atoms with E-state index in [4.69, 9.17) is 18.9 Å². The lowest BCUT2D eigenvalue weighted by molar-refractivity contribution is -0.150. The first-order valence-electron chi connectivity index (χ1n) is 12.2. The van der Waals surface area contributed by atoms with E-state index in [1.165, 1.54) is 33.3 Å². The highest BCUT2D eigenvalue weighted by atomic mass is 16.5. The smallest absolute Gasteiger partial charge is 0.355 e. The Bertz CT molecular complexity index is 1100. The van der Waals surface area contributed by atoms with Gasteiger partial charge in [-0.05, 0) is 25.3 Å². The molecule has 1 aromatic rings. The molecule has 0 spiro atoms. The molecule has 0 amide bonds. The van der Waals surface area contributed by atoms with Crippen LogP contribution in [0.15, 0.2) is 46.8 Å². The van der Waals surface area contributed by atoms with Crippen LogP contribution in [0.4, 0.5) is 0 Å². The largest absolute Gasteiger partial charge is 0.467 e. The predicted octanol–water partition coefficient (Wildman–Crippen LogP) is 2.30. The van der Waals surface area contributed by atoms with Gasteiger partial charge in [-0.2, -0.15) is 0 Å². The van der Waals surface area contributed by atoms with Crippen molar-refractivity contribution in [3.63, 3.8) is 0 Å². The van der Waals surface area contributed by atoms with Crippen molar-refractivity contribution in [3.8, 4) is 0 Å². The van der Waals surface area contributed by atoms with Crippen LogP contribution in [0.25, 0.3) is 0 Å². The molecule has 1 N–H and O–H groups in total. The van der Waals surface area contributed by atoms with E-state index in [0.29, 0.717) is 0 Å². The molecule has 0 aromatic heterocycles. The summed E-state index contributed by atoms with van der Waals surface area (Å²) in [5.41, 5.74) is 1.20. The zero-order chi connectivity index (χ0) is 27.1. The molecule has 1 aromatic carbocycles. The summed E-state index contributed by atoms with van der Waals surface area (Å²) in [5.74, 6) is -3.38. The molecule has 0 saturated heterocycles. The van der Waals surface area contributed by atoms with E-state index in [2.05, 4.69) is 5.32 Å². The highest BCUT2D eigenvalue weighted by Crippen LogP contribution is 2.36. The summed E-state index contributed by atoms with van der Waals surface area (Å²) < 4.78 is 20.3. The molecule has 10 nitrogen and oxygen atoms in total. The van der Waals surface area contributed by atoms with E-state index in [-0.39, 0.29) is 35.1 Å². The second kappa shape index (κ2) is 12.4. The number of carbonyl (C=O) groups excluding carboxylic acids is 4. The lowest BCUT2D eigenvalue weighted by atomic mass is 9.88. The maximum atomic E-state index is 13.3. The Morgan fingerprint density at radius 3 is 1.97 bits per heavy atom. The minimum atomic E-state index is -1.40. The number of nitrogens with zero attached hydrogens (tertiary/aromatic N) is 1. The average molecular weight is 515 g/mol. The van der Waals surface area contributed by atoms with Gasteiger partial charge in [0.15, 0.2) is 6.04 Å². The van der Waals surface area contributed by atoms with Gasteiger partial charge in [-0.1, -0.05) is 49.1 Å². The standard InChI is InChI=1S/C27H34N2O8/c1-16-11-13-17(14-12-16)15-29-22(26(32)36-4)19(24(30)34-2)21(28-18-9-7-6-8-10-18)20(25(31)35-3)23(29)27(33)37-5/h11-14,18,22,28H,6-10,15H2,1-5H3. The lowest BCUT2D eigenvalue weighted by Crippen LogP contribution is -2.52. The van der Waals surface area contributed by atoms with Crippen molar-refractivity contribution in [2.45, 2.75) is 57.7 Å². The number of nitrogens with one attached hydrogen (secondary N) is 1. The van der Waals surface area contributed by atoms with Crippen LogP contribution in [-0.2, 0) is 44.7 Å². The minimum absolute atomic E-state index is 0.0117. The maximum absolute atomic E-state index is 13.3. The Hall–Kier alpha value is -3.82.